The van der Waals surface area contributed by atoms with Crippen molar-refractivity contribution in [2.24, 2.45) is 5.92 Å². The number of nitrogens with zero attached hydrogens (tertiary/aromatic N) is 1. The van der Waals surface area contributed by atoms with Gasteiger partial charge in [0, 0.05) is 25.3 Å². The van der Waals surface area contributed by atoms with E-state index in [0.29, 0.717) is 17.5 Å². The summed E-state index contributed by atoms with van der Waals surface area (Å²) in [4.78, 5) is 2.75. The molecule has 1 aliphatic heterocycles. The van der Waals surface area contributed by atoms with Gasteiger partial charge in [0.2, 0.25) is 0 Å². The van der Waals surface area contributed by atoms with Gasteiger partial charge in [-0.05, 0) is 58.2 Å². The Hall–Kier alpha value is -0.120. The first kappa shape index (κ1) is 16.9. The molecular formula is C16H34N2O. The van der Waals surface area contributed by atoms with Crippen molar-refractivity contribution in [1.82, 2.24) is 10.2 Å². The summed E-state index contributed by atoms with van der Waals surface area (Å²) in [5.41, 5.74) is 0.318. The van der Waals surface area contributed by atoms with Gasteiger partial charge in [0.25, 0.3) is 0 Å². The summed E-state index contributed by atoms with van der Waals surface area (Å²) in [5.74, 6) is 0.644. The summed E-state index contributed by atoms with van der Waals surface area (Å²) in [6.45, 7) is 10.5. The van der Waals surface area contributed by atoms with Crippen molar-refractivity contribution in [3.63, 3.8) is 0 Å². The molecule has 2 atom stereocenters. The van der Waals surface area contributed by atoms with Crippen LogP contribution in [0.4, 0.5) is 0 Å². The Morgan fingerprint density at radius 1 is 1.21 bits per heavy atom. The average molecular weight is 270 g/mol. The van der Waals surface area contributed by atoms with Crippen molar-refractivity contribution in [2.45, 2.75) is 64.5 Å². The SMILES string of the molecule is CCC(CC)(C(NC)C(C)CCOC)N1CCCC1. The van der Waals surface area contributed by atoms with Crippen molar-refractivity contribution in [3.05, 3.63) is 0 Å². The van der Waals surface area contributed by atoms with Crippen LogP contribution in [0.1, 0.15) is 52.9 Å². The molecule has 1 N–H and O–H groups in total. The lowest BCUT2D eigenvalue weighted by Crippen LogP contribution is -2.61. The zero-order valence-electron chi connectivity index (χ0n) is 13.7. The van der Waals surface area contributed by atoms with Crippen molar-refractivity contribution < 1.29 is 4.74 Å². The van der Waals surface area contributed by atoms with Gasteiger partial charge in [-0.2, -0.15) is 0 Å². The van der Waals surface area contributed by atoms with Gasteiger partial charge in [0.05, 0.1) is 0 Å². The fourth-order valence-corrected chi connectivity index (χ4v) is 4.05. The van der Waals surface area contributed by atoms with E-state index in [1.165, 1.54) is 38.8 Å². The highest BCUT2D eigenvalue weighted by Crippen LogP contribution is 2.35. The molecule has 1 saturated heterocycles. The van der Waals surface area contributed by atoms with Crippen LogP contribution in [-0.2, 0) is 4.74 Å². The summed E-state index contributed by atoms with van der Waals surface area (Å²) in [5, 5.41) is 3.63. The second-order valence-electron chi connectivity index (χ2n) is 6.03. The molecule has 1 aliphatic rings. The van der Waals surface area contributed by atoms with E-state index in [-0.39, 0.29) is 0 Å². The van der Waals surface area contributed by atoms with Gasteiger partial charge < -0.3 is 10.1 Å². The third kappa shape index (κ3) is 3.71. The van der Waals surface area contributed by atoms with Crippen LogP contribution in [0.25, 0.3) is 0 Å². The highest BCUT2D eigenvalue weighted by atomic mass is 16.5. The molecule has 0 radical (unpaired) electrons. The van der Waals surface area contributed by atoms with Gasteiger partial charge in [-0.15, -0.1) is 0 Å². The summed E-state index contributed by atoms with van der Waals surface area (Å²) in [6, 6.07) is 0.552. The molecule has 1 rings (SSSR count). The second-order valence-corrected chi connectivity index (χ2v) is 6.03. The van der Waals surface area contributed by atoms with Crippen LogP contribution < -0.4 is 5.32 Å². The Bertz CT molecular complexity index is 235. The second kappa shape index (κ2) is 8.23. The van der Waals surface area contributed by atoms with Crippen LogP contribution in [0.5, 0.6) is 0 Å². The highest BCUT2D eigenvalue weighted by Gasteiger charge is 2.43. The summed E-state index contributed by atoms with van der Waals surface area (Å²) in [7, 11) is 3.93. The number of likely N-dealkylation sites (tertiary alicyclic amines) is 1. The quantitative estimate of drug-likeness (QED) is 0.697. The number of rotatable bonds is 9. The van der Waals surface area contributed by atoms with Gasteiger partial charge in [-0.3, -0.25) is 4.90 Å². The molecular weight excluding hydrogens is 236 g/mol. The van der Waals surface area contributed by atoms with Crippen molar-refractivity contribution in [2.75, 3.05) is 33.9 Å². The summed E-state index contributed by atoms with van der Waals surface area (Å²) < 4.78 is 5.27. The van der Waals surface area contributed by atoms with Crippen LogP contribution >= 0.6 is 0 Å². The Labute approximate surface area is 120 Å². The van der Waals surface area contributed by atoms with Crippen LogP contribution in [-0.4, -0.2) is 50.3 Å². The first-order valence-corrected chi connectivity index (χ1v) is 8.07. The standard InChI is InChI=1S/C16H34N2O/c1-6-16(7-2,18-11-8-9-12-18)15(17-4)14(3)10-13-19-5/h14-15,17H,6-13H2,1-5H3. The number of ether oxygens (including phenoxy) is 1. The van der Waals surface area contributed by atoms with Crippen molar-refractivity contribution in [1.29, 1.82) is 0 Å². The molecule has 0 aromatic heterocycles. The van der Waals surface area contributed by atoms with Crippen LogP contribution in [0.2, 0.25) is 0 Å². The largest absolute Gasteiger partial charge is 0.385 e. The Morgan fingerprint density at radius 2 is 1.79 bits per heavy atom. The first-order chi connectivity index (χ1) is 9.16. The third-order valence-corrected chi connectivity index (χ3v) is 5.20. The first-order valence-electron chi connectivity index (χ1n) is 8.07. The lowest BCUT2D eigenvalue weighted by Gasteiger charge is -2.49. The van der Waals surface area contributed by atoms with E-state index >= 15 is 0 Å². The zero-order chi connectivity index (χ0) is 14.3. The molecule has 0 aromatic rings. The zero-order valence-corrected chi connectivity index (χ0v) is 13.7. The van der Waals surface area contributed by atoms with E-state index in [1.807, 2.05) is 0 Å². The van der Waals surface area contributed by atoms with Gasteiger partial charge >= 0.3 is 0 Å². The van der Waals surface area contributed by atoms with E-state index in [4.69, 9.17) is 4.74 Å². The van der Waals surface area contributed by atoms with Crippen LogP contribution in [0.15, 0.2) is 0 Å². The predicted molar refractivity (Wildman–Crippen MR) is 82.6 cm³/mol. The van der Waals surface area contributed by atoms with E-state index in [9.17, 15) is 0 Å². The van der Waals surface area contributed by atoms with E-state index in [1.54, 1.807) is 7.11 Å². The number of hydrogen-bond donors (Lipinski definition) is 1. The molecule has 3 nitrogen and oxygen atoms in total. The molecule has 114 valence electrons. The fraction of sp³-hybridized carbons (Fsp3) is 1.00. The smallest absolute Gasteiger partial charge is 0.0465 e. The molecule has 0 aromatic carbocycles. The molecule has 1 fully saturated rings. The topological polar surface area (TPSA) is 24.5 Å². The maximum atomic E-state index is 5.27. The lowest BCUT2D eigenvalue weighted by atomic mass is 9.76. The van der Waals surface area contributed by atoms with Crippen molar-refractivity contribution >= 4 is 0 Å². The number of hydrogen-bond acceptors (Lipinski definition) is 3. The average Bonchev–Trinajstić information content (AvgIpc) is 2.96. The Morgan fingerprint density at radius 3 is 2.21 bits per heavy atom. The van der Waals surface area contributed by atoms with Crippen molar-refractivity contribution in [3.8, 4) is 0 Å². The monoisotopic (exact) mass is 270 g/mol. The molecule has 2 unspecified atom stereocenters. The minimum Gasteiger partial charge on any atom is -0.385 e. The van der Waals surface area contributed by atoms with Crippen LogP contribution in [0.3, 0.4) is 0 Å². The highest BCUT2D eigenvalue weighted by molar-refractivity contribution is 5.01. The Kier molecular flexibility index (Phi) is 7.33. The number of methoxy groups -OCH3 is 1. The lowest BCUT2D eigenvalue weighted by molar-refractivity contribution is 0.0363. The normalized spacial score (nSPS) is 20.7. The molecule has 0 saturated carbocycles. The maximum Gasteiger partial charge on any atom is 0.0465 e. The van der Waals surface area contributed by atoms with Gasteiger partial charge in [0.15, 0.2) is 0 Å². The van der Waals surface area contributed by atoms with E-state index in [0.717, 1.165) is 13.0 Å². The minimum atomic E-state index is 0.318. The van der Waals surface area contributed by atoms with Gasteiger partial charge in [-0.25, -0.2) is 0 Å². The number of nitrogens with one attached hydrogen (secondary N) is 1. The molecule has 1 heterocycles. The van der Waals surface area contributed by atoms with Crippen LogP contribution in [0, 0.1) is 5.92 Å². The molecule has 0 bridgehead atoms. The summed E-state index contributed by atoms with van der Waals surface area (Å²) >= 11 is 0. The van der Waals surface area contributed by atoms with Gasteiger partial charge in [-0.1, -0.05) is 20.8 Å². The van der Waals surface area contributed by atoms with E-state index < -0.39 is 0 Å². The predicted octanol–water partition coefficient (Wildman–Crippen LogP) is 2.90. The molecule has 19 heavy (non-hydrogen) atoms. The third-order valence-electron chi connectivity index (χ3n) is 5.20. The van der Waals surface area contributed by atoms with E-state index in [2.05, 4.69) is 38.0 Å². The number of likely N-dealkylation sites (N-methyl/N-ethyl adjacent to an activating group) is 1. The Balaban J connectivity index is 2.85. The molecule has 3 heteroatoms. The minimum absolute atomic E-state index is 0.318. The molecule has 0 aliphatic carbocycles. The fourth-order valence-electron chi connectivity index (χ4n) is 4.05. The summed E-state index contributed by atoms with van der Waals surface area (Å²) in [6.07, 6.45) is 6.32. The van der Waals surface area contributed by atoms with Gasteiger partial charge in [0.1, 0.15) is 0 Å². The molecule has 0 spiro atoms. The molecule has 0 amide bonds. The maximum absolute atomic E-state index is 5.27.